The van der Waals surface area contributed by atoms with Crippen LogP contribution in [0.2, 0.25) is 0 Å². The van der Waals surface area contributed by atoms with Crippen LogP contribution in [0.15, 0.2) is 36.5 Å². The molecule has 0 aliphatic heterocycles. The number of benzene rings is 1. The van der Waals surface area contributed by atoms with Crippen LogP contribution in [-0.4, -0.2) is 9.97 Å². The van der Waals surface area contributed by atoms with E-state index < -0.39 is 0 Å². The molecule has 124 valence electrons. The van der Waals surface area contributed by atoms with Crippen molar-refractivity contribution in [2.45, 2.75) is 52.6 Å². The van der Waals surface area contributed by atoms with E-state index in [0.29, 0.717) is 18.4 Å². The van der Waals surface area contributed by atoms with Gasteiger partial charge in [0.2, 0.25) is 0 Å². The molecule has 0 saturated heterocycles. The molecule has 2 N–H and O–H groups in total. The van der Waals surface area contributed by atoms with Gasteiger partial charge in [-0.1, -0.05) is 63.8 Å². The Hall–Kier alpha value is -2.10. The second kappa shape index (κ2) is 9.13. The lowest BCUT2D eigenvalue weighted by Gasteiger charge is -2.15. The van der Waals surface area contributed by atoms with Gasteiger partial charge < -0.3 is 10.5 Å². The number of hydrogen-bond donors (Lipinski definition) is 1. The highest BCUT2D eigenvalue weighted by Gasteiger charge is 2.08. The Morgan fingerprint density at radius 3 is 2.26 bits per heavy atom. The molecular weight excluding hydrogens is 286 g/mol. The molecule has 23 heavy (non-hydrogen) atoms. The zero-order valence-electron chi connectivity index (χ0n) is 14.2. The highest BCUT2D eigenvalue weighted by molar-refractivity contribution is 5.27. The van der Waals surface area contributed by atoms with Crippen molar-refractivity contribution >= 4 is 5.82 Å². The fourth-order valence-electron chi connectivity index (χ4n) is 2.84. The number of nitrogen functional groups attached to an aromatic ring is 1. The number of nitrogens with two attached hydrogens (primary N) is 1. The van der Waals surface area contributed by atoms with Crippen LogP contribution in [0.4, 0.5) is 5.82 Å². The lowest BCUT2D eigenvalue weighted by atomic mass is 9.91. The first-order valence-electron chi connectivity index (χ1n) is 8.50. The summed E-state index contributed by atoms with van der Waals surface area (Å²) in [5.41, 5.74) is 8.13. The normalized spacial score (nSPS) is 10.9. The minimum absolute atomic E-state index is 0.319. The fraction of sp³-hybridized carbons (Fsp3) is 0.474. The van der Waals surface area contributed by atoms with Crippen LogP contribution in [0.25, 0.3) is 0 Å². The van der Waals surface area contributed by atoms with Gasteiger partial charge in [-0.3, -0.25) is 0 Å². The maximum absolute atomic E-state index is 5.61. The molecule has 1 aromatic carbocycles. The van der Waals surface area contributed by atoms with Gasteiger partial charge in [0.25, 0.3) is 0 Å². The molecule has 0 spiro atoms. The largest absolute Gasteiger partial charge is 0.459 e. The first-order valence-corrected chi connectivity index (χ1v) is 8.50. The van der Waals surface area contributed by atoms with Gasteiger partial charge in [-0.25, -0.2) is 4.98 Å². The van der Waals surface area contributed by atoms with E-state index in [9.17, 15) is 0 Å². The predicted octanol–water partition coefficient (Wildman–Crippen LogP) is 4.40. The van der Waals surface area contributed by atoms with Gasteiger partial charge in [-0.15, -0.1) is 0 Å². The van der Waals surface area contributed by atoms with E-state index in [0.717, 1.165) is 11.5 Å². The monoisotopic (exact) mass is 313 g/mol. The molecule has 0 fully saturated rings. The van der Waals surface area contributed by atoms with Crippen molar-refractivity contribution in [1.82, 2.24) is 9.97 Å². The summed E-state index contributed by atoms with van der Waals surface area (Å²) in [6, 6.07) is 10.6. The lowest BCUT2D eigenvalue weighted by molar-refractivity contribution is 0.281. The van der Waals surface area contributed by atoms with Crippen LogP contribution < -0.4 is 10.5 Å². The molecule has 0 unspecified atom stereocenters. The molecule has 0 atom stereocenters. The molecule has 2 aromatic rings. The molecule has 0 saturated carbocycles. The van der Waals surface area contributed by atoms with E-state index >= 15 is 0 Å². The van der Waals surface area contributed by atoms with Gasteiger partial charge in [-0.2, -0.15) is 4.98 Å². The van der Waals surface area contributed by atoms with Crippen molar-refractivity contribution in [3.05, 3.63) is 47.7 Å². The molecule has 0 radical (unpaired) electrons. The number of rotatable bonds is 9. The van der Waals surface area contributed by atoms with Crippen molar-refractivity contribution in [3.63, 3.8) is 0 Å². The summed E-state index contributed by atoms with van der Waals surface area (Å²) in [7, 11) is 0. The predicted molar refractivity (Wildman–Crippen MR) is 94.2 cm³/mol. The maximum Gasteiger partial charge on any atom is 0.318 e. The quantitative estimate of drug-likeness (QED) is 0.745. The molecule has 0 aliphatic rings. The summed E-state index contributed by atoms with van der Waals surface area (Å²) < 4.78 is 5.57. The number of ether oxygens (including phenoxy) is 1. The minimum atomic E-state index is 0.319. The summed E-state index contributed by atoms with van der Waals surface area (Å²) in [4.78, 5) is 8.07. The van der Waals surface area contributed by atoms with Gasteiger partial charge in [0, 0.05) is 6.20 Å². The van der Waals surface area contributed by atoms with Gasteiger partial charge in [0.15, 0.2) is 0 Å². The summed E-state index contributed by atoms with van der Waals surface area (Å²) in [6.45, 7) is 4.99. The maximum atomic E-state index is 5.61. The Kier molecular flexibility index (Phi) is 6.85. The Morgan fingerprint density at radius 1 is 1.00 bits per heavy atom. The first kappa shape index (κ1) is 17.3. The van der Waals surface area contributed by atoms with Crippen molar-refractivity contribution in [2.75, 3.05) is 5.73 Å². The van der Waals surface area contributed by atoms with E-state index in [1.807, 2.05) is 0 Å². The molecule has 4 heteroatoms. The smallest absolute Gasteiger partial charge is 0.318 e. The average molecular weight is 313 g/mol. The third-order valence-corrected chi connectivity index (χ3v) is 3.96. The lowest BCUT2D eigenvalue weighted by Crippen LogP contribution is -2.05. The van der Waals surface area contributed by atoms with Crippen LogP contribution in [0.3, 0.4) is 0 Å². The van der Waals surface area contributed by atoms with Crippen molar-refractivity contribution < 1.29 is 4.74 Å². The molecular formula is C19H27N3O. The third-order valence-electron chi connectivity index (χ3n) is 3.96. The van der Waals surface area contributed by atoms with Crippen molar-refractivity contribution in [3.8, 4) is 6.01 Å². The molecule has 2 rings (SSSR count). The molecule has 4 nitrogen and oxygen atoms in total. The number of aromatic nitrogens is 2. The molecule has 0 amide bonds. The number of anilines is 1. The van der Waals surface area contributed by atoms with Gasteiger partial charge in [-0.05, 0) is 29.5 Å². The Morgan fingerprint density at radius 2 is 1.65 bits per heavy atom. The van der Waals surface area contributed by atoms with Crippen molar-refractivity contribution in [2.24, 2.45) is 5.92 Å². The van der Waals surface area contributed by atoms with E-state index in [2.05, 4.69) is 48.1 Å². The zero-order chi connectivity index (χ0) is 16.5. The van der Waals surface area contributed by atoms with Crippen LogP contribution in [0.5, 0.6) is 6.01 Å². The highest BCUT2D eigenvalue weighted by atomic mass is 16.5. The van der Waals surface area contributed by atoms with E-state index in [-0.39, 0.29) is 0 Å². The van der Waals surface area contributed by atoms with Crippen LogP contribution in [-0.2, 0) is 13.0 Å². The highest BCUT2D eigenvalue weighted by Crippen LogP contribution is 2.20. The Labute approximate surface area is 139 Å². The zero-order valence-corrected chi connectivity index (χ0v) is 14.2. The second-order valence-electron chi connectivity index (χ2n) is 6.02. The Bertz CT molecular complexity index is 577. The standard InChI is InChI=1S/C19H27N3O/c1-3-5-15(6-4-2)13-16-7-9-17(10-8-16)14-23-19-21-12-11-18(20)22-19/h7-12,15H,3-6,13-14H2,1-2H3,(H2,20,21,22). The summed E-state index contributed by atoms with van der Waals surface area (Å²) >= 11 is 0. The summed E-state index contributed by atoms with van der Waals surface area (Å²) in [5, 5.41) is 0. The molecule has 0 aliphatic carbocycles. The minimum Gasteiger partial charge on any atom is -0.459 e. The summed E-state index contributed by atoms with van der Waals surface area (Å²) in [5.74, 6) is 1.22. The van der Waals surface area contributed by atoms with Crippen LogP contribution >= 0.6 is 0 Å². The molecule has 1 heterocycles. The van der Waals surface area contributed by atoms with E-state index in [1.54, 1.807) is 12.3 Å². The van der Waals surface area contributed by atoms with Crippen LogP contribution in [0, 0.1) is 5.92 Å². The number of hydrogen-bond acceptors (Lipinski definition) is 4. The van der Waals surface area contributed by atoms with Crippen molar-refractivity contribution in [1.29, 1.82) is 0 Å². The van der Waals surface area contributed by atoms with E-state index in [4.69, 9.17) is 10.5 Å². The topological polar surface area (TPSA) is 61.0 Å². The number of nitrogens with zero attached hydrogens (tertiary/aromatic N) is 2. The third kappa shape index (κ3) is 5.89. The summed E-state index contributed by atoms with van der Waals surface area (Å²) in [6.07, 6.45) is 7.91. The van der Waals surface area contributed by atoms with Crippen LogP contribution in [0.1, 0.15) is 50.7 Å². The van der Waals surface area contributed by atoms with Gasteiger partial charge in [0.1, 0.15) is 12.4 Å². The Balaban J connectivity index is 1.88. The molecule has 1 aromatic heterocycles. The van der Waals surface area contributed by atoms with E-state index in [1.165, 1.54) is 37.7 Å². The second-order valence-corrected chi connectivity index (χ2v) is 6.02. The SMILES string of the molecule is CCCC(CCC)Cc1ccc(COc2nccc(N)n2)cc1. The first-order chi connectivity index (χ1) is 11.2. The fourth-order valence-corrected chi connectivity index (χ4v) is 2.84. The van der Waals surface area contributed by atoms with Gasteiger partial charge >= 0.3 is 6.01 Å². The van der Waals surface area contributed by atoms with Gasteiger partial charge in [0.05, 0.1) is 0 Å². The molecule has 0 bridgehead atoms. The average Bonchev–Trinajstić information content (AvgIpc) is 2.55.